The molecule has 0 radical (unpaired) electrons. The van der Waals surface area contributed by atoms with E-state index in [0.29, 0.717) is 17.2 Å². The summed E-state index contributed by atoms with van der Waals surface area (Å²) < 4.78 is 6.99. The minimum Gasteiger partial charge on any atom is -0.478 e. The van der Waals surface area contributed by atoms with Crippen LogP contribution in [0.3, 0.4) is 0 Å². The summed E-state index contributed by atoms with van der Waals surface area (Å²) >= 11 is 0. The number of aryl methyl sites for hydroxylation is 2. The van der Waals surface area contributed by atoms with Crippen molar-refractivity contribution in [3.05, 3.63) is 40.6 Å². The Labute approximate surface area is 127 Å². The number of carbonyl (C=O) groups is 2. The first-order valence-electron chi connectivity index (χ1n) is 6.94. The Balaban J connectivity index is 2.05. The number of carboxylic acid groups (broad SMARTS) is 1. The van der Waals surface area contributed by atoms with Gasteiger partial charge in [-0.05, 0) is 25.0 Å². The van der Waals surface area contributed by atoms with Crippen LogP contribution in [0.4, 0.5) is 0 Å². The van der Waals surface area contributed by atoms with Crippen LogP contribution in [0.1, 0.15) is 57.8 Å². The standard InChI is InChI=1S/C15H19N3O4/c1-8(2)13-6-12(17-18(13)4)14(19)16-7-10-5-11(15(20)21)9(3)22-10/h5-6,8H,7H2,1-4H3,(H,16,19)(H,20,21). The zero-order valence-corrected chi connectivity index (χ0v) is 13.0. The van der Waals surface area contributed by atoms with Crippen molar-refractivity contribution < 1.29 is 19.1 Å². The lowest BCUT2D eigenvalue weighted by Gasteiger charge is -2.02. The summed E-state index contributed by atoms with van der Waals surface area (Å²) in [6.45, 7) is 5.73. The number of nitrogens with one attached hydrogen (secondary N) is 1. The second-order valence-corrected chi connectivity index (χ2v) is 5.40. The van der Waals surface area contributed by atoms with Crippen LogP contribution < -0.4 is 5.32 Å². The first-order valence-corrected chi connectivity index (χ1v) is 6.94. The quantitative estimate of drug-likeness (QED) is 0.881. The van der Waals surface area contributed by atoms with Crippen molar-refractivity contribution in [3.63, 3.8) is 0 Å². The number of rotatable bonds is 5. The van der Waals surface area contributed by atoms with Crippen molar-refractivity contribution >= 4 is 11.9 Å². The zero-order valence-electron chi connectivity index (χ0n) is 13.0. The van der Waals surface area contributed by atoms with Gasteiger partial charge < -0.3 is 14.8 Å². The molecule has 2 rings (SSSR count). The molecule has 2 N–H and O–H groups in total. The maximum Gasteiger partial charge on any atom is 0.339 e. The first kappa shape index (κ1) is 15.8. The molecule has 0 spiro atoms. The average molecular weight is 305 g/mol. The molecule has 0 aliphatic rings. The van der Waals surface area contributed by atoms with Gasteiger partial charge in [-0.3, -0.25) is 9.48 Å². The van der Waals surface area contributed by atoms with Crippen LogP contribution in [0.15, 0.2) is 16.5 Å². The number of aromatic carboxylic acids is 1. The number of furan rings is 1. The highest BCUT2D eigenvalue weighted by atomic mass is 16.4. The van der Waals surface area contributed by atoms with Gasteiger partial charge in [-0.1, -0.05) is 13.8 Å². The molecule has 7 nitrogen and oxygen atoms in total. The third-order valence-corrected chi connectivity index (χ3v) is 3.36. The van der Waals surface area contributed by atoms with E-state index in [1.54, 1.807) is 24.7 Å². The van der Waals surface area contributed by atoms with Gasteiger partial charge in [0.2, 0.25) is 0 Å². The van der Waals surface area contributed by atoms with Crippen LogP contribution >= 0.6 is 0 Å². The molecule has 7 heteroatoms. The van der Waals surface area contributed by atoms with E-state index < -0.39 is 5.97 Å². The fraction of sp³-hybridized carbons (Fsp3) is 0.400. The maximum atomic E-state index is 12.1. The molecule has 0 aliphatic heterocycles. The predicted octanol–water partition coefficient (Wildman–Crippen LogP) is 2.07. The van der Waals surface area contributed by atoms with Crippen molar-refractivity contribution in [2.24, 2.45) is 7.05 Å². The summed E-state index contributed by atoms with van der Waals surface area (Å²) in [5, 5.41) is 15.8. The fourth-order valence-electron chi connectivity index (χ4n) is 2.23. The molecule has 0 fully saturated rings. The van der Waals surface area contributed by atoms with Crippen LogP contribution in [0.2, 0.25) is 0 Å². The normalized spacial score (nSPS) is 11.0. The summed E-state index contributed by atoms with van der Waals surface area (Å²) in [5.74, 6) is -0.400. The van der Waals surface area contributed by atoms with E-state index in [1.165, 1.54) is 6.07 Å². The van der Waals surface area contributed by atoms with E-state index in [2.05, 4.69) is 10.4 Å². The van der Waals surface area contributed by atoms with Gasteiger partial charge >= 0.3 is 5.97 Å². The number of carboxylic acids is 1. The number of hydrogen-bond acceptors (Lipinski definition) is 4. The highest BCUT2D eigenvalue weighted by Gasteiger charge is 2.17. The van der Waals surface area contributed by atoms with Crippen molar-refractivity contribution in [3.8, 4) is 0 Å². The number of hydrogen-bond donors (Lipinski definition) is 2. The molecule has 0 bridgehead atoms. The van der Waals surface area contributed by atoms with Gasteiger partial charge in [0.1, 0.15) is 22.8 Å². The Kier molecular flexibility index (Phi) is 4.35. The molecule has 0 saturated heterocycles. The van der Waals surface area contributed by atoms with Crippen LogP contribution in [-0.2, 0) is 13.6 Å². The highest BCUT2D eigenvalue weighted by Crippen LogP contribution is 2.16. The Morgan fingerprint density at radius 3 is 2.59 bits per heavy atom. The SMILES string of the molecule is Cc1oc(CNC(=O)c2cc(C(C)C)n(C)n2)cc1C(=O)O. The molecule has 0 unspecified atom stereocenters. The lowest BCUT2D eigenvalue weighted by molar-refractivity contribution is 0.0694. The molecule has 1 amide bonds. The summed E-state index contributed by atoms with van der Waals surface area (Å²) in [6.07, 6.45) is 0. The third-order valence-electron chi connectivity index (χ3n) is 3.36. The van der Waals surface area contributed by atoms with Gasteiger partial charge in [0.25, 0.3) is 5.91 Å². The molecule has 0 aliphatic carbocycles. The number of aromatic nitrogens is 2. The van der Waals surface area contributed by atoms with Gasteiger partial charge in [-0.25, -0.2) is 4.79 Å². The molecule has 2 aromatic rings. The molecule has 0 atom stereocenters. The summed E-state index contributed by atoms with van der Waals surface area (Å²) in [7, 11) is 1.79. The Morgan fingerprint density at radius 1 is 1.41 bits per heavy atom. The zero-order chi connectivity index (χ0) is 16.4. The highest BCUT2D eigenvalue weighted by molar-refractivity contribution is 5.92. The minimum absolute atomic E-state index is 0.101. The van der Waals surface area contributed by atoms with Crippen LogP contribution in [0.25, 0.3) is 0 Å². The third kappa shape index (κ3) is 3.19. The largest absolute Gasteiger partial charge is 0.478 e. The van der Waals surface area contributed by atoms with E-state index in [9.17, 15) is 9.59 Å². The monoisotopic (exact) mass is 305 g/mol. The second-order valence-electron chi connectivity index (χ2n) is 5.40. The van der Waals surface area contributed by atoms with Gasteiger partial charge in [-0.15, -0.1) is 0 Å². The molecule has 2 heterocycles. The lowest BCUT2D eigenvalue weighted by Crippen LogP contribution is -2.23. The molecular weight excluding hydrogens is 286 g/mol. The minimum atomic E-state index is -1.05. The van der Waals surface area contributed by atoms with Crippen LogP contribution in [0.5, 0.6) is 0 Å². The molecule has 0 aromatic carbocycles. The first-order chi connectivity index (χ1) is 10.3. The van der Waals surface area contributed by atoms with E-state index in [-0.39, 0.29) is 23.9 Å². The maximum absolute atomic E-state index is 12.1. The molecule has 0 saturated carbocycles. The smallest absolute Gasteiger partial charge is 0.339 e. The topological polar surface area (TPSA) is 97.4 Å². The number of amides is 1. The Hall–Kier alpha value is -2.57. The van der Waals surface area contributed by atoms with Crippen LogP contribution in [0, 0.1) is 6.92 Å². The number of carbonyl (C=O) groups excluding carboxylic acids is 1. The van der Waals surface area contributed by atoms with Gasteiger partial charge in [0, 0.05) is 12.7 Å². The van der Waals surface area contributed by atoms with E-state index >= 15 is 0 Å². The van der Waals surface area contributed by atoms with Crippen molar-refractivity contribution in [2.45, 2.75) is 33.2 Å². The van der Waals surface area contributed by atoms with Crippen molar-refractivity contribution in [2.75, 3.05) is 0 Å². The number of nitrogens with zero attached hydrogens (tertiary/aromatic N) is 2. The van der Waals surface area contributed by atoms with Crippen molar-refractivity contribution in [1.29, 1.82) is 0 Å². The predicted molar refractivity (Wildman–Crippen MR) is 78.9 cm³/mol. The molecular formula is C15H19N3O4. The van der Waals surface area contributed by atoms with E-state index in [0.717, 1.165) is 5.69 Å². The molecule has 2 aromatic heterocycles. The Bertz CT molecular complexity index is 712. The second kappa shape index (κ2) is 6.05. The average Bonchev–Trinajstić information content (AvgIpc) is 2.99. The fourth-order valence-corrected chi connectivity index (χ4v) is 2.23. The van der Waals surface area contributed by atoms with E-state index in [4.69, 9.17) is 9.52 Å². The summed E-state index contributed by atoms with van der Waals surface area (Å²) in [4.78, 5) is 23.0. The van der Waals surface area contributed by atoms with Gasteiger partial charge in [-0.2, -0.15) is 5.10 Å². The van der Waals surface area contributed by atoms with Crippen molar-refractivity contribution in [1.82, 2.24) is 15.1 Å². The Morgan fingerprint density at radius 2 is 2.09 bits per heavy atom. The van der Waals surface area contributed by atoms with Gasteiger partial charge in [0.05, 0.1) is 6.54 Å². The van der Waals surface area contributed by atoms with Gasteiger partial charge in [0.15, 0.2) is 0 Å². The van der Waals surface area contributed by atoms with E-state index in [1.807, 2.05) is 13.8 Å². The molecule has 118 valence electrons. The lowest BCUT2D eigenvalue weighted by atomic mass is 10.1. The molecule has 22 heavy (non-hydrogen) atoms. The summed E-state index contributed by atoms with van der Waals surface area (Å²) in [5.41, 5.74) is 1.39. The summed E-state index contributed by atoms with van der Waals surface area (Å²) in [6, 6.07) is 3.16. The van der Waals surface area contributed by atoms with Crippen LogP contribution in [-0.4, -0.2) is 26.8 Å².